The maximum atomic E-state index is 12.9. The monoisotopic (exact) mass is 369 g/mol. The molecule has 3 rings (SSSR count). The van der Waals surface area contributed by atoms with E-state index in [1.165, 1.54) is 0 Å². The minimum absolute atomic E-state index is 0.0968. The minimum Gasteiger partial charge on any atom is -0.335 e. The molecule has 0 bridgehead atoms. The summed E-state index contributed by atoms with van der Waals surface area (Å²) in [5.74, 6) is 0.143. The fraction of sp³-hybridized carbons (Fsp3) is 0.450. The molecule has 1 aliphatic rings. The van der Waals surface area contributed by atoms with Gasteiger partial charge in [0.05, 0.1) is 5.69 Å². The van der Waals surface area contributed by atoms with Gasteiger partial charge in [0.2, 0.25) is 5.91 Å². The van der Waals surface area contributed by atoms with Gasteiger partial charge >= 0.3 is 0 Å². The molecule has 2 amide bonds. The lowest BCUT2D eigenvalue weighted by atomic mass is 10.2. The fourth-order valence-electron chi connectivity index (χ4n) is 3.04. The number of likely N-dealkylation sites (N-methyl/N-ethyl adjacent to an activating group) is 1. The van der Waals surface area contributed by atoms with Gasteiger partial charge in [-0.25, -0.2) is 4.68 Å². The molecule has 0 unspecified atom stereocenters. The van der Waals surface area contributed by atoms with Gasteiger partial charge in [-0.2, -0.15) is 5.10 Å². The van der Waals surface area contributed by atoms with Gasteiger partial charge in [0, 0.05) is 38.2 Å². The second kappa shape index (κ2) is 8.35. The summed E-state index contributed by atoms with van der Waals surface area (Å²) >= 11 is 0. The average molecular weight is 369 g/mol. The van der Waals surface area contributed by atoms with Crippen LogP contribution in [0.4, 0.5) is 5.82 Å². The molecule has 0 spiro atoms. The third-order valence-corrected chi connectivity index (χ3v) is 4.81. The van der Waals surface area contributed by atoms with Gasteiger partial charge in [-0.1, -0.05) is 39.0 Å². The number of rotatable bonds is 5. The Balaban J connectivity index is 1.87. The highest BCUT2D eigenvalue weighted by Gasteiger charge is 2.25. The molecule has 0 aliphatic carbocycles. The molecule has 144 valence electrons. The summed E-state index contributed by atoms with van der Waals surface area (Å²) in [7, 11) is 0. The van der Waals surface area contributed by atoms with E-state index in [0.29, 0.717) is 24.6 Å². The maximum absolute atomic E-state index is 12.9. The summed E-state index contributed by atoms with van der Waals surface area (Å²) in [6, 6.07) is 11.2. The number of hydrogen-bond donors (Lipinski definition) is 1. The first-order valence-electron chi connectivity index (χ1n) is 9.47. The minimum atomic E-state index is -0.162. The van der Waals surface area contributed by atoms with Crippen LogP contribution >= 0.6 is 0 Å². The molecule has 2 aromatic rings. The lowest BCUT2D eigenvalue weighted by molar-refractivity contribution is -0.118. The molecule has 7 heteroatoms. The first-order chi connectivity index (χ1) is 13.0. The van der Waals surface area contributed by atoms with Crippen LogP contribution in [0.3, 0.4) is 0 Å². The van der Waals surface area contributed by atoms with Crippen LogP contribution in [0.1, 0.15) is 31.3 Å². The van der Waals surface area contributed by atoms with Crippen molar-refractivity contribution < 1.29 is 9.59 Å². The van der Waals surface area contributed by atoms with E-state index < -0.39 is 0 Å². The number of hydrogen-bond acceptors (Lipinski definition) is 4. The lowest BCUT2D eigenvalue weighted by Gasteiger charge is -2.33. The van der Waals surface area contributed by atoms with E-state index in [4.69, 9.17) is 0 Å². The number of carbonyl (C=O) groups is 2. The highest BCUT2D eigenvalue weighted by Crippen LogP contribution is 2.19. The van der Waals surface area contributed by atoms with E-state index >= 15 is 0 Å². The van der Waals surface area contributed by atoms with E-state index in [1.807, 2.05) is 49.1 Å². The van der Waals surface area contributed by atoms with Gasteiger partial charge < -0.3 is 15.1 Å². The summed E-state index contributed by atoms with van der Waals surface area (Å²) in [6.07, 6.45) is 0. The summed E-state index contributed by atoms with van der Waals surface area (Å²) in [5, 5.41) is 7.39. The van der Waals surface area contributed by atoms with Crippen LogP contribution in [0.25, 0.3) is 5.69 Å². The van der Waals surface area contributed by atoms with Gasteiger partial charge in [0.1, 0.15) is 5.82 Å². The molecule has 2 heterocycles. The predicted octanol–water partition coefficient (Wildman–Crippen LogP) is 2.24. The number of nitrogens with one attached hydrogen (secondary N) is 1. The van der Waals surface area contributed by atoms with Crippen LogP contribution in [0.2, 0.25) is 0 Å². The van der Waals surface area contributed by atoms with Crippen molar-refractivity contribution in [1.29, 1.82) is 0 Å². The SMILES string of the molecule is CCN1CCN(C(=O)c2cc(NC(=O)C(C)C)n(-c3ccccc3)n2)CC1. The summed E-state index contributed by atoms with van der Waals surface area (Å²) in [4.78, 5) is 29.3. The Morgan fingerprint density at radius 3 is 2.37 bits per heavy atom. The van der Waals surface area contributed by atoms with Crippen LogP contribution < -0.4 is 5.32 Å². The predicted molar refractivity (Wildman–Crippen MR) is 105 cm³/mol. The van der Waals surface area contributed by atoms with Crippen molar-refractivity contribution >= 4 is 17.6 Å². The summed E-state index contributed by atoms with van der Waals surface area (Å²) < 4.78 is 1.62. The van der Waals surface area contributed by atoms with Crippen LogP contribution in [-0.2, 0) is 4.79 Å². The Morgan fingerprint density at radius 2 is 1.78 bits per heavy atom. The Labute approximate surface area is 159 Å². The normalized spacial score (nSPS) is 15.2. The molecular weight excluding hydrogens is 342 g/mol. The molecule has 1 saturated heterocycles. The molecule has 1 aliphatic heterocycles. The summed E-state index contributed by atoms with van der Waals surface area (Å²) in [5.41, 5.74) is 1.15. The first-order valence-corrected chi connectivity index (χ1v) is 9.47. The van der Waals surface area contributed by atoms with Gasteiger partial charge in [-0.15, -0.1) is 0 Å². The van der Waals surface area contributed by atoms with Crippen molar-refractivity contribution in [3.8, 4) is 5.69 Å². The molecular formula is C20H27N5O2. The van der Waals surface area contributed by atoms with Crippen molar-refractivity contribution in [3.05, 3.63) is 42.1 Å². The second-order valence-corrected chi connectivity index (χ2v) is 7.03. The summed E-state index contributed by atoms with van der Waals surface area (Å²) in [6.45, 7) is 9.92. The van der Waals surface area contributed by atoms with Crippen LogP contribution in [0.15, 0.2) is 36.4 Å². The van der Waals surface area contributed by atoms with Crippen molar-refractivity contribution in [2.45, 2.75) is 20.8 Å². The molecule has 27 heavy (non-hydrogen) atoms. The van der Waals surface area contributed by atoms with E-state index in [1.54, 1.807) is 10.7 Å². The van der Waals surface area contributed by atoms with Gasteiger partial charge in [-0.3, -0.25) is 9.59 Å². The molecule has 1 N–H and O–H groups in total. The lowest BCUT2D eigenvalue weighted by Crippen LogP contribution is -2.48. The maximum Gasteiger partial charge on any atom is 0.274 e. The number of anilines is 1. The zero-order valence-corrected chi connectivity index (χ0v) is 16.2. The average Bonchev–Trinajstić information content (AvgIpc) is 3.11. The Morgan fingerprint density at radius 1 is 1.11 bits per heavy atom. The number of nitrogens with zero attached hydrogens (tertiary/aromatic N) is 4. The van der Waals surface area contributed by atoms with Crippen LogP contribution in [0.5, 0.6) is 0 Å². The van der Waals surface area contributed by atoms with Gasteiger partial charge in [0.15, 0.2) is 5.69 Å². The zero-order chi connectivity index (χ0) is 19.4. The van der Waals surface area contributed by atoms with Crippen molar-refractivity contribution in [3.63, 3.8) is 0 Å². The highest BCUT2D eigenvalue weighted by molar-refractivity contribution is 5.96. The van der Waals surface area contributed by atoms with E-state index in [2.05, 4.69) is 22.2 Å². The smallest absolute Gasteiger partial charge is 0.274 e. The number of benzene rings is 1. The van der Waals surface area contributed by atoms with Gasteiger partial charge in [0.25, 0.3) is 5.91 Å². The Bertz CT molecular complexity index is 792. The van der Waals surface area contributed by atoms with E-state index in [9.17, 15) is 9.59 Å². The third kappa shape index (κ3) is 4.36. The van der Waals surface area contributed by atoms with E-state index in [-0.39, 0.29) is 17.7 Å². The number of amides is 2. The molecule has 0 saturated carbocycles. The molecule has 7 nitrogen and oxygen atoms in total. The van der Waals surface area contributed by atoms with Crippen molar-refractivity contribution in [1.82, 2.24) is 19.6 Å². The Kier molecular flexibility index (Phi) is 5.91. The van der Waals surface area contributed by atoms with E-state index in [0.717, 1.165) is 25.3 Å². The number of piperazine rings is 1. The largest absolute Gasteiger partial charge is 0.335 e. The number of carbonyl (C=O) groups excluding carboxylic acids is 2. The Hall–Kier alpha value is -2.67. The van der Waals surface area contributed by atoms with Crippen molar-refractivity contribution in [2.24, 2.45) is 5.92 Å². The molecule has 1 aromatic carbocycles. The van der Waals surface area contributed by atoms with Crippen LogP contribution in [-0.4, -0.2) is 64.1 Å². The molecule has 0 radical (unpaired) electrons. The number of para-hydroxylation sites is 1. The van der Waals surface area contributed by atoms with Crippen molar-refractivity contribution in [2.75, 3.05) is 38.0 Å². The number of aromatic nitrogens is 2. The molecule has 1 aromatic heterocycles. The van der Waals surface area contributed by atoms with Crippen LogP contribution in [0, 0.1) is 5.92 Å². The zero-order valence-electron chi connectivity index (χ0n) is 16.2. The highest BCUT2D eigenvalue weighted by atomic mass is 16.2. The topological polar surface area (TPSA) is 70.5 Å². The fourth-order valence-corrected chi connectivity index (χ4v) is 3.04. The second-order valence-electron chi connectivity index (χ2n) is 7.03. The van der Waals surface area contributed by atoms with Gasteiger partial charge in [-0.05, 0) is 18.7 Å². The quantitative estimate of drug-likeness (QED) is 0.878. The third-order valence-electron chi connectivity index (χ3n) is 4.81. The molecule has 0 atom stereocenters. The molecule has 1 fully saturated rings. The standard InChI is InChI=1S/C20H27N5O2/c1-4-23-10-12-24(13-11-23)20(27)17-14-18(21-19(26)15(2)3)25(22-17)16-8-6-5-7-9-16/h5-9,14-15H,4,10-13H2,1-3H3,(H,21,26). The first kappa shape index (κ1) is 19.1.